The maximum Gasteiger partial charge on any atom is 0.0374 e. The average molecular weight is 193 g/mol. The molecule has 0 atom stereocenters. The molecule has 0 radical (unpaired) electrons. The summed E-state index contributed by atoms with van der Waals surface area (Å²) in [4.78, 5) is 1.42. The first-order valence-corrected chi connectivity index (χ1v) is 5.88. The van der Waals surface area contributed by atoms with Gasteiger partial charge in [0, 0.05) is 17.1 Å². The lowest BCUT2D eigenvalue weighted by Gasteiger charge is -2.03. The number of hydrogen-bond donors (Lipinski definition) is 1. The molecular weight excluding hydrogens is 178 g/mol. The summed E-state index contributed by atoms with van der Waals surface area (Å²) in [7, 11) is 0. The molecule has 1 aliphatic rings. The summed E-state index contributed by atoms with van der Waals surface area (Å²) in [5, 5.41) is 3.37. The van der Waals surface area contributed by atoms with Crippen LogP contribution in [0.1, 0.15) is 18.9 Å². The Morgan fingerprint density at radius 1 is 1.46 bits per heavy atom. The first-order valence-electron chi connectivity index (χ1n) is 4.90. The second-order valence-electron chi connectivity index (χ2n) is 3.34. The fraction of sp³-hybridized carbons (Fsp3) is 0.455. The predicted octanol–water partition coefficient (Wildman–Crippen LogP) is 3.16. The lowest BCUT2D eigenvalue weighted by atomic mass is 10.2. The van der Waals surface area contributed by atoms with Gasteiger partial charge >= 0.3 is 0 Å². The van der Waals surface area contributed by atoms with Crippen LogP contribution in [0, 0.1) is 0 Å². The maximum atomic E-state index is 3.37. The topological polar surface area (TPSA) is 12.0 Å². The molecule has 2 heteroatoms. The summed E-state index contributed by atoms with van der Waals surface area (Å²) in [6.07, 6.45) is 2.44. The van der Waals surface area contributed by atoms with E-state index in [1.807, 2.05) is 11.8 Å². The molecule has 0 aromatic heterocycles. The van der Waals surface area contributed by atoms with Crippen molar-refractivity contribution >= 4 is 17.4 Å². The van der Waals surface area contributed by atoms with Gasteiger partial charge < -0.3 is 5.32 Å². The Labute approximate surface area is 83.9 Å². The molecule has 1 aromatic carbocycles. The molecule has 70 valence electrons. The number of benzene rings is 1. The van der Waals surface area contributed by atoms with E-state index >= 15 is 0 Å². The van der Waals surface area contributed by atoms with Gasteiger partial charge in [0.05, 0.1) is 0 Å². The molecule has 0 fully saturated rings. The molecule has 1 nitrogen and oxygen atoms in total. The molecule has 0 saturated carbocycles. The van der Waals surface area contributed by atoms with Crippen molar-refractivity contribution in [3.8, 4) is 0 Å². The van der Waals surface area contributed by atoms with E-state index in [2.05, 4.69) is 30.4 Å². The molecule has 0 saturated heterocycles. The van der Waals surface area contributed by atoms with E-state index in [0.29, 0.717) is 0 Å². The second-order valence-corrected chi connectivity index (χ2v) is 4.51. The Balaban J connectivity index is 2.12. The van der Waals surface area contributed by atoms with Crippen molar-refractivity contribution in [1.29, 1.82) is 0 Å². The Bertz CT molecular complexity index is 296. The van der Waals surface area contributed by atoms with E-state index in [-0.39, 0.29) is 0 Å². The zero-order valence-corrected chi connectivity index (χ0v) is 8.79. The molecule has 0 bridgehead atoms. The number of anilines is 1. The van der Waals surface area contributed by atoms with Crippen molar-refractivity contribution in [2.45, 2.75) is 24.7 Å². The minimum atomic E-state index is 1.11. The van der Waals surface area contributed by atoms with Gasteiger partial charge in [0.1, 0.15) is 0 Å². The molecule has 1 N–H and O–H groups in total. The van der Waals surface area contributed by atoms with Gasteiger partial charge in [-0.2, -0.15) is 0 Å². The number of hydrogen-bond acceptors (Lipinski definition) is 2. The first kappa shape index (κ1) is 8.95. The molecule has 1 aliphatic heterocycles. The summed E-state index contributed by atoms with van der Waals surface area (Å²) in [5.41, 5.74) is 2.82. The van der Waals surface area contributed by atoms with Crippen LogP contribution in [0.3, 0.4) is 0 Å². The van der Waals surface area contributed by atoms with Crippen molar-refractivity contribution in [3.63, 3.8) is 0 Å². The number of rotatable bonds is 3. The van der Waals surface area contributed by atoms with E-state index in [9.17, 15) is 0 Å². The summed E-state index contributed by atoms with van der Waals surface area (Å²) in [6.45, 7) is 3.33. The highest BCUT2D eigenvalue weighted by Crippen LogP contribution is 2.28. The molecule has 13 heavy (non-hydrogen) atoms. The highest BCUT2D eigenvalue weighted by atomic mass is 32.2. The molecule has 1 heterocycles. The van der Waals surface area contributed by atoms with Gasteiger partial charge in [-0.1, -0.05) is 6.92 Å². The third kappa shape index (κ3) is 1.99. The SMILES string of the molecule is CCCSc1ccc2c(c1)CCN2. The van der Waals surface area contributed by atoms with E-state index in [1.54, 1.807) is 0 Å². The minimum absolute atomic E-state index is 1.11. The van der Waals surface area contributed by atoms with Gasteiger partial charge in [0.15, 0.2) is 0 Å². The number of fused-ring (bicyclic) bond motifs is 1. The fourth-order valence-corrected chi connectivity index (χ4v) is 2.42. The predicted molar refractivity (Wildman–Crippen MR) is 59.7 cm³/mol. The number of thioether (sulfide) groups is 1. The van der Waals surface area contributed by atoms with Crippen LogP contribution in [-0.2, 0) is 6.42 Å². The summed E-state index contributed by atoms with van der Waals surface area (Å²) < 4.78 is 0. The normalized spacial score (nSPS) is 13.9. The molecule has 0 spiro atoms. The molecule has 1 aromatic rings. The Kier molecular flexibility index (Phi) is 2.79. The standard InChI is InChI=1S/C11H15NS/c1-2-7-13-10-3-4-11-9(8-10)5-6-12-11/h3-4,8,12H,2,5-7H2,1H3. The van der Waals surface area contributed by atoms with Gasteiger partial charge in [-0.15, -0.1) is 11.8 Å². The Morgan fingerprint density at radius 2 is 2.38 bits per heavy atom. The van der Waals surface area contributed by atoms with Gasteiger partial charge in [0.25, 0.3) is 0 Å². The minimum Gasteiger partial charge on any atom is -0.384 e. The van der Waals surface area contributed by atoms with E-state index in [4.69, 9.17) is 0 Å². The third-order valence-corrected chi connectivity index (χ3v) is 3.46. The maximum absolute atomic E-state index is 3.37. The second kappa shape index (κ2) is 4.05. The Morgan fingerprint density at radius 3 is 3.23 bits per heavy atom. The van der Waals surface area contributed by atoms with Crippen LogP contribution >= 0.6 is 11.8 Å². The largest absolute Gasteiger partial charge is 0.384 e. The van der Waals surface area contributed by atoms with Crippen LogP contribution in [0.25, 0.3) is 0 Å². The van der Waals surface area contributed by atoms with E-state index < -0.39 is 0 Å². The van der Waals surface area contributed by atoms with Crippen LogP contribution in [0.4, 0.5) is 5.69 Å². The van der Waals surface area contributed by atoms with Gasteiger partial charge in [-0.3, -0.25) is 0 Å². The average Bonchev–Trinajstić information content (AvgIpc) is 2.61. The van der Waals surface area contributed by atoms with Crippen LogP contribution in [0.15, 0.2) is 23.1 Å². The van der Waals surface area contributed by atoms with E-state index in [1.165, 1.54) is 34.7 Å². The van der Waals surface area contributed by atoms with Crippen LogP contribution in [0.5, 0.6) is 0 Å². The molecule has 0 unspecified atom stereocenters. The molecular formula is C11H15NS. The van der Waals surface area contributed by atoms with Crippen molar-refractivity contribution in [2.75, 3.05) is 17.6 Å². The summed E-state index contributed by atoms with van der Waals surface area (Å²) in [6, 6.07) is 6.76. The van der Waals surface area contributed by atoms with Gasteiger partial charge in [-0.25, -0.2) is 0 Å². The molecule has 0 aliphatic carbocycles. The Hall–Kier alpha value is -0.630. The smallest absolute Gasteiger partial charge is 0.0374 e. The number of nitrogens with one attached hydrogen (secondary N) is 1. The summed E-state index contributed by atoms with van der Waals surface area (Å²) >= 11 is 1.96. The highest BCUT2D eigenvalue weighted by Gasteiger charge is 2.09. The zero-order chi connectivity index (χ0) is 9.10. The van der Waals surface area contributed by atoms with Crippen molar-refractivity contribution < 1.29 is 0 Å². The van der Waals surface area contributed by atoms with Gasteiger partial charge in [-0.05, 0) is 42.4 Å². The lowest BCUT2D eigenvalue weighted by molar-refractivity contribution is 1.09. The van der Waals surface area contributed by atoms with Crippen LogP contribution < -0.4 is 5.32 Å². The lowest BCUT2D eigenvalue weighted by Crippen LogP contribution is -1.90. The highest BCUT2D eigenvalue weighted by molar-refractivity contribution is 7.99. The molecule has 2 rings (SSSR count). The molecule has 0 amide bonds. The van der Waals surface area contributed by atoms with Crippen molar-refractivity contribution in [1.82, 2.24) is 0 Å². The summed E-state index contributed by atoms with van der Waals surface area (Å²) in [5.74, 6) is 1.23. The third-order valence-electron chi connectivity index (χ3n) is 2.26. The van der Waals surface area contributed by atoms with Crippen molar-refractivity contribution in [3.05, 3.63) is 23.8 Å². The van der Waals surface area contributed by atoms with Crippen LogP contribution in [0.2, 0.25) is 0 Å². The zero-order valence-electron chi connectivity index (χ0n) is 7.97. The van der Waals surface area contributed by atoms with Crippen molar-refractivity contribution in [2.24, 2.45) is 0 Å². The fourth-order valence-electron chi connectivity index (χ4n) is 1.59. The quantitative estimate of drug-likeness (QED) is 0.740. The van der Waals surface area contributed by atoms with Gasteiger partial charge in [0.2, 0.25) is 0 Å². The van der Waals surface area contributed by atoms with E-state index in [0.717, 1.165) is 6.54 Å². The monoisotopic (exact) mass is 193 g/mol. The van der Waals surface area contributed by atoms with Crippen LogP contribution in [-0.4, -0.2) is 12.3 Å². The first-order chi connectivity index (χ1) is 6.40.